The van der Waals surface area contributed by atoms with Gasteiger partial charge >= 0.3 is 0 Å². The summed E-state index contributed by atoms with van der Waals surface area (Å²) in [7, 11) is 0. The van der Waals surface area contributed by atoms with Crippen molar-refractivity contribution in [1.82, 2.24) is 5.32 Å². The second kappa shape index (κ2) is 7.69. The van der Waals surface area contributed by atoms with Crippen molar-refractivity contribution >= 4 is 0 Å². The van der Waals surface area contributed by atoms with Crippen LogP contribution in [-0.2, 0) is 6.54 Å². The van der Waals surface area contributed by atoms with E-state index in [0.29, 0.717) is 0 Å². The molecule has 1 heterocycles. The molecule has 1 aliphatic carbocycles. The third-order valence-corrected chi connectivity index (χ3v) is 4.62. The van der Waals surface area contributed by atoms with E-state index < -0.39 is 0 Å². The van der Waals surface area contributed by atoms with E-state index >= 15 is 0 Å². The lowest BCUT2D eigenvalue weighted by Crippen LogP contribution is -2.19. The third-order valence-electron chi connectivity index (χ3n) is 4.62. The zero-order valence-corrected chi connectivity index (χ0v) is 12.9. The van der Waals surface area contributed by atoms with Gasteiger partial charge in [-0.2, -0.15) is 0 Å². The molecule has 0 spiro atoms. The van der Waals surface area contributed by atoms with E-state index in [0.717, 1.165) is 50.1 Å². The Balaban J connectivity index is 1.48. The van der Waals surface area contributed by atoms with Crippen molar-refractivity contribution in [2.75, 3.05) is 19.8 Å². The number of hydrogen-bond acceptors (Lipinski definition) is 3. The minimum absolute atomic E-state index is 0.756. The summed E-state index contributed by atoms with van der Waals surface area (Å²) >= 11 is 0. The van der Waals surface area contributed by atoms with E-state index in [1.807, 2.05) is 6.07 Å². The fraction of sp³-hybridized carbons (Fsp3) is 0.667. The highest BCUT2D eigenvalue weighted by Gasteiger charge is 2.15. The van der Waals surface area contributed by atoms with Gasteiger partial charge in [0.2, 0.25) is 0 Å². The van der Waals surface area contributed by atoms with Crippen LogP contribution >= 0.6 is 0 Å². The number of nitrogens with one attached hydrogen (secondary N) is 1. The van der Waals surface area contributed by atoms with Crippen LogP contribution in [0.2, 0.25) is 0 Å². The third kappa shape index (κ3) is 4.13. The van der Waals surface area contributed by atoms with Crippen LogP contribution in [-0.4, -0.2) is 19.8 Å². The first-order chi connectivity index (χ1) is 10.4. The van der Waals surface area contributed by atoms with Gasteiger partial charge in [0.05, 0.1) is 13.2 Å². The minimum atomic E-state index is 0.756. The smallest absolute Gasteiger partial charge is 0.165 e. The van der Waals surface area contributed by atoms with Crippen LogP contribution in [0.15, 0.2) is 18.2 Å². The van der Waals surface area contributed by atoms with Crippen LogP contribution in [0.1, 0.15) is 50.5 Å². The molecule has 0 unspecified atom stereocenters. The Labute approximate surface area is 128 Å². The predicted octanol–water partition coefficient (Wildman–Crippen LogP) is 3.91. The van der Waals surface area contributed by atoms with Gasteiger partial charge in [-0.05, 0) is 24.9 Å². The highest BCUT2D eigenvalue weighted by Crippen LogP contribution is 2.33. The summed E-state index contributed by atoms with van der Waals surface area (Å²) in [4.78, 5) is 0. The van der Waals surface area contributed by atoms with Crippen LogP contribution in [0.5, 0.6) is 11.5 Å². The maximum absolute atomic E-state index is 5.86. The van der Waals surface area contributed by atoms with Crippen molar-refractivity contribution in [3.8, 4) is 11.5 Å². The quantitative estimate of drug-likeness (QED) is 0.834. The highest BCUT2D eigenvalue weighted by molar-refractivity contribution is 5.47. The van der Waals surface area contributed by atoms with Gasteiger partial charge in [-0.1, -0.05) is 44.2 Å². The molecule has 1 aromatic rings. The van der Waals surface area contributed by atoms with Crippen LogP contribution in [0.25, 0.3) is 0 Å². The summed E-state index contributed by atoms with van der Waals surface area (Å²) in [6.45, 7) is 3.49. The first-order valence-corrected chi connectivity index (χ1v) is 8.52. The average molecular weight is 289 g/mol. The molecule has 1 fully saturated rings. The summed E-state index contributed by atoms with van der Waals surface area (Å²) in [5.74, 6) is 2.79. The maximum atomic E-state index is 5.86. The molecule has 0 bridgehead atoms. The summed E-state index contributed by atoms with van der Waals surface area (Å²) in [5, 5.41) is 3.58. The Morgan fingerprint density at radius 1 is 1.00 bits per heavy atom. The van der Waals surface area contributed by atoms with Gasteiger partial charge in [-0.15, -0.1) is 0 Å². The predicted molar refractivity (Wildman–Crippen MR) is 84.9 cm³/mol. The number of rotatable bonds is 5. The van der Waals surface area contributed by atoms with Gasteiger partial charge in [-0.3, -0.25) is 0 Å². The van der Waals surface area contributed by atoms with Crippen molar-refractivity contribution in [2.45, 2.75) is 51.5 Å². The Morgan fingerprint density at radius 3 is 2.76 bits per heavy atom. The Morgan fingerprint density at radius 2 is 1.86 bits per heavy atom. The Hall–Kier alpha value is -1.22. The number of benzene rings is 1. The Bertz CT molecular complexity index is 441. The van der Waals surface area contributed by atoms with Crippen molar-refractivity contribution < 1.29 is 9.47 Å². The van der Waals surface area contributed by atoms with Crippen molar-refractivity contribution in [3.63, 3.8) is 0 Å². The van der Waals surface area contributed by atoms with E-state index in [9.17, 15) is 0 Å². The molecule has 21 heavy (non-hydrogen) atoms. The van der Waals surface area contributed by atoms with Crippen LogP contribution < -0.4 is 14.8 Å². The molecule has 2 aliphatic rings. The standard InChI is InChI=1S/C18H27NO2/c1-2-6-15(7-3-1)10-11-19-14-16-8-4-9-17-18(16)21-13-5-12-20-17/h4,8-9,15,19H,1-3,5-7,10-14H2. The zero-order valence-electron chi connectivity index (χ0n) is 12.9. The number of para-hydroxylation sites is 1. The van der Waals surface area contributed by atoms with Crippen LogP contribution in [0.4, 0.5) is 0 Å². The van der Waals surface area contributed by atoms with Gasteiger partial charge in [0.15, 0.2) is 11.5 Å². The van der Waals surface area contributed by atoms with Crippen LogP contribution in [0, 0.1) is 5.92 Å². The highest BCUT2D eigenvalue weighted by atomic mass is 16.5. The normalized spacial score (nSPS) is 19.2. The molecule has 3 heteroatoms. The first kappa shape index (κ1) is 14.7. The molecule has 0 aromatic heterocycles. The molecule has 3 rings (SSSR count). The van der Waals surface area contributed by atoms with Crippen molar-refractivity contribution in [1.29, 1.82) is 0 Å². The molecule has 116 valence electrons. The van der Waals surface area contributed by atoms with Gasteiger partial charge in [0.25, 0.3) is 0 Å². The fourth-order valence-electron chi connectivity index (χ4n) is 3.40. The number of hydrogen-bond donors (Lipinski definition) is 1. The molecule has 0 atom stereocenters. The first-order valence-electron chi connectivity index (χ1n) is 8.52. The molecule has 1 aliphatic heterocycles. The Kier molecular flexibility index (Phi) is 5.39. The summed E-state index contributed by atoms with van der Waals surface area (Å²) < 4.78 is 11.6. The zero-order chi connectivity index (χ0) is 14.3. The molecule has 1 N–H and O–H groups in total. The van der Waals surface area contributed by atoms with Gasteiger partial charge in [-0.25, -0.2) is 0 Å². The van der Waals surface area contributed by atoms with Gasteiger partial charge < -0.3 is 14.8 Å². The lowest BCUT2D eigenvalue weighted by Gasteiger charge is -2.21. The molecule has 0 radical (unpaired) electrons. The van der Waals surface area contributed by atoms with Gasteiger partial charge in [0, 0.05) is 18.5 Å². The van der Waals surface area contributed by atoms with E-state index in [-0.39, 0.29) is 0 Å². The van der Waals surface area contributed by atoms with Crippen molar-refractivity contribution in [3.05, 3.63) is 23.8 Å². The summed E-state index contributed by atoms with van der Waals surface area (Å²) in [6, 6.07) is 6.21. The maximum Gasteiger partial charge on any atom is 0.165 e. The second-order valence-corrected chi connectivity index (χ2v) is 6.26. The lowest BCUT2D eigenvalue weighted by molar-refractivity contribution is 0.295. The topological polar surface area (TPSA) is 30.5 Å². The van der Waals surface area contributed by atoms with E-state index in [2.05, 4.69) is 17.4 Å². The van der Waals surface area contributed by atoms with E-state index in [1.54, 1.807) is 0 Å². The van der Waals surface area contributed by atoms with E-state index in [1.165, 1.54) is 44.1 Å². The average Bonchev–Trinajstić information content (AvgIpc) is 2.78. The monoisotopic (exact) mass is 289 g/mol. The molecule has 1 aromatic carbocycles. The summed E-state index contributed by atoms with van der Waals surface area (Å²) in [6.07, 6.45) is 9.44. The minimum Gasteiger partial charge on any atom is -0.490 e. The van der Waals surface area contributed by atoms with Crippen molar-refractivity contribution in [2.24, 2.45) is 5.92 Å². The number of ether oxygens (including phenoxy) is 2. The fourth-order valence-corrected chi connectivity index (χ4v) is 3.40. The molecule has 0 amide bonds. The summed E-state index contributed by atoms with van der Waals surface area (Å²) in [5.41, 5.74) is 1.22. The molecular formula is C18H27NO2. The number of fused-ring (bicyclic) bond motifs is 1. The second-order valence-electron chi connectivity index (χ2n) is 6.26. The molecule has 1 saturated carbocycles. The van der Waals surface area contributed by atoms with E-state index in [4.69, 9.17) is 9.47 Å². The SMILES string of the molecule is c1cc(CNCCC2CCCCC2)c2c(c1)OCCCO2. The molecule has 3 nitrogen and oxygen atoms in total. The largest absolute Gasteiger partial charge is 0.490 e. The van der Waals surface area contributed by atoms with Crippen LogP contribution in [0.3, 0.4) is 0 Å². The van der Waals surface area contributed by atoms with Gasteiger partial charge in [0.1, 0.15) is 0 Å². The lowest BCUT2D eigenvalue weighted by atomic mass is 9.87. The molecular weight excluding hydrogens is 262 g/mol. The molecule has 0 saturated heterocycles.